The highest BCUT2D eigenvalue weighted by molar-refractivity contribution is 6.91. The van der Waals surface area contributed by atoms with Gasteiger partial charge in [0.1, 0.15) is 16.1 Å². The third-order valence-electron chi connectivity index (χ3n) is 10.7. The van der Waals surface area contributed by atoms with Crippen molar-refractivity contribution in [1.29, 1.82) is 0 Å². The second-order valence-corrected chi connectivity index (χ2v) is 26.0. The quantitative estimate of drug-likeness (QED) is 0.112. The lowest BCUT2D eigenvalue weighted by molar-refractivity contribution is 0.838. The standard InChI is InChI=1S/C44H52Si2/c1-31(2)45(32(3)4,33(5)6)27-19-17-21-37-29-43-42-26-16-14-24-40(42)38(30-44(43)41-25-15-13-23-39(37)41)22-18-20-28-46(34(7)8,35(9)10)36(11)12/h13-16,23-26,29-36H,1-12H3. The number of rotatable bonds is 6. The zero-order valence-electron chi connectivity index (χ0n) is 30.2. The Morgan fingerprint density at radius 1 is 0.370 bits per heavy atom. The van der Waals surface area contributed by atoms with Crippen LogP contribution in [0.4, 0.5) is 0 Å². The van der Waals surface area contributed by atoms with Gasteiger partial charge in [-0.1, -0.05) is 143 Å². The minimum atomic E-state index is -1.83. The van der Waals surface area contributed by atoms with E-state index in [4.69, 9.17) is 0 Å². The summed E-state index contributed by atoms with van der Waals surface area (Å²) in [7, 11) is -3.66. The van der Waals surface area contributed by atoms with E-state index in [2.05, 4.69) is 190 Å². The highest BCUT2D eigenvalue weighted by Crippen LogP contribution is 2.42. The summed E-state index contributed by atoms with van der Waals surface area (Å²) in [6, 6.07) is 21.7. The first-order valence-electron chi connectivity index (χ1n) is 17.2. The van der Waals surface area contributed by atoms with E-state index in [-0.39, 0.29) is 0 Å². The molecule has 4 aromatic carbocycles. The third-order valence-corrected chi connectivity index (χ3v) is 23.3. The zero-order valence-corrected chi connectivity index (χ0v) is 32.2. The summed E-state index contributed by atoms with van der Waals surface area (Å²) in [5, 5.41) is 7.09. The van der Waals surface area contributed by atoms with E-state index in [1.165, 1.54) is 21.5 Å². The van der Waals surface area contributed by atoms with Crippen molar-refractivity contribution >= 4 is 48.5 Å². The molecule has 236 valence electrons. The van der Waals surface area contributed by atoms with E-state index in [0.717, 1.165) is 21.9 Å². The SMILES string of the molecule is CC(C)[Si](C#CC#Cc1cc2c3ccccc3c(C#CC#C[Si](C(C)C)(C(C)C)C(C)C)cc2c2ccccc12)(C(C)C)C(C)C. The highest BCUT2D eigenvalue weighted by atomic mass is 28.3. The van der Waals surface area contributed by atoms with E-state index in [9.17, 15) is 0 Å². The summed E-state index contributed by atoms with van der Waals surface area (Å²) < 4.78 is 0. The maximum absolute atomic E-state index is 3.77. The van der Waals surface area contributed by atoms with Crippen LogP contribution in [0.2, 0.25) is 33.2 Å². The normalized spacial score (nSPS) is 12.0. The van der Waals surface area contributed by atoms with Gasteiger partial charge in [-0.05, 0) is 101 Å². The van der Waals surface area contributed by atoms with Gasteiger partial charge in [-0.25, -0.2) is 0 Å². The molecule has 0 fully saturated rings. The van der Waals surface area contributed by atoms with Crippen LogP contribution < -0.4 is 0 Å². The van der Waals surface area contributed by atoms with Crippen molar-refractivity contribution in [3.63, 3.8) is 0 Å². The van der Waals surface area contributed by atoms with Crippen molar-refractivity contribution in [3.05, 3.63) is 71.8 Å². The molecular formula is C44H52Si2. The van der Waals surface area contributed by atoms with Crippen molar-refractivity contribution in [1.82, 2.24) is 0 Å². The second-order valence-electron chi connectivity index (χ2n) is 14.8. The van der Waals surface area contributed by atoms with Crippen LogP contribution in [0.5, 0.6) is 0 Å². The van der Waals surface area contributed by atoms with Gasteiger partial charge in [-0.15, -0.1) is 11.1 Å². The van der Waals surface area contributed by atoms with Crippen molar-refractivity contribution in [2.24, 2.45) is 0 Å². The van der Waals surface area contributed by atoms with E-state index in [1.54, 1.807) is 0 Å². The molecule has 0 aliphatic heterocycles. The monoisotopic (exact) mass is 636 g/mol. The minimum Gasteiger partial charge on any atom is -0.116 e. The molecule has 0 amide bonds. The van der Waals surface area contributed by atoms with Crippen LogP contribution in [0.15, 0.2) is 60.7 Å². The molecule has 0 nitrogen and oxygen atoms in total. The van der Waals surface area contributed by atoms with Gasteiger partial charge >= 0.3 is 0 Å². The topological polar surface area (TPSA) is 0 Å². The summed E-state index contributed by atoms with van der Waals surface area (Å²) >= 11 is 0. The van der Waals surface area contributed by atoms with Gasteiger partial charge in [-0.2, -0.15) is 0 Å². The summed E-state index contributed by atoms with van der Waals surface area (Å²) in [6.45, 7) is 28.2. The van der Waals surface area contributed by atoms with Crippen LogP contribution >= 0.6 is 0 Å². The molecule has 0 saturated carbocycles. The molecule has 0 atom stereocenters. The lowest BCUT2D eigenvalue weighted by Gasteiger charge is -2.37. The van der Waals surface area contributed by atoms with Crippen molar-refractivity contribution < 1.29 is 0 Å². The second kappa shape index (κ2) is 14.4. The molecule has 0 unspecified atom stereocenters. The van der Waals surface area contributed by atoms with E-state index in [0.29, 0.717) is 33.2 Å². The van der Waals surface area contributed by atoms with Gasteiger partial charge in [0.2, 0.25) is 0 Å². The van der Waals surface area contributed by atoms with E-state index in [1.807, 2.05) is 0 Å². The van der Waals surface area contributed by atoms with E-state index >= 15 is 0 Å². The molecule has 46 heavy (non-hydrogen) atoms. The first kappa shape index (κ1) is 35.2. The molecule has 0 aliphatic rings. The van der Waals surface area contributed by atoms with Crippen LogP contribution in [-0.4, -0.2) is 16.1 Å². The Kier molecular flexibility index (Phi) is 11.0. The number of hydrogen-bond acceptors (Lipinski definition) is 0. The highest BCUT2D eigenvalue weighted by Gasteiger charge is 2.42. The van der Waals surface area contributed by atoms with Crippen LogP contribution in [-0.2, 0) is 0 Å². The average Bonchev–Trinajstić information content (AvgIpc) is 3.00. The number of hydrogen-bond donors (Lipinski definition) is 0. The van der Waals surface area contributed by atoms with Crippen LogP contribution in [0.25, 0.3) is 32.3 Å². The van der Waals surface area contributed by atoms with Crippen molar-refractivity contribution in [2.45, 2.75) is 116 Å². The maximum atomic E-state index is 3.77. The summed E-state index contributed by atoms with van der Waals surface area (Å²) in [5.74, 6) is 20.3. The predicted molar refractivity (Wildman–Crippen MR) is 210 cm³/mol. The molecule has 2 heteroatoms. The molecule has 0 radical (unpaired) electrons. The van der Waals surface area contributed by atoms with Crippen LogP contribution in [0.3, 0.4) is 0 Å². The third kappa shape index (κ3) is 6.45. The molecule has 0 bridgehead atoms. The molecule has 0 saturated heterocycles. The Morgan fingerprint density at radius 3 is 0.935 bits per heavy atom. The number of benzene rings is 4. The van der Waals surface area contributed by atoms with E-state index < -0.39 is 16.1 Å². The molecule has 0 aromatic heterocycles. The first-order chi connectivity index (χ1) is 21.8. The predicted octanol–water partition coefficient (Wildman–Crippen LogP) is 12.3. The van der Waals surface area contributed by atoms with Gasteiger partial charge in [0.05, 0.1) is 0 Å². The molecule has 0 N–H and O–H groups in total. The molecule has 4 rings (SSSR count). The molecular weight excluding hydrogens is 585 g/mol. The van der Waals surface area contributed by atoms with Gasteiger partial charge < -0.3 is 0 Å². The van der Waals surface area contributed by atoms with Gasteiger partial charge in [0.25, 0.3) is 0 Å². The Bertz CT molecular complexity index is 1800. The Morgan fingerprint density at radius 2 is 0.652 bits per heavy atom. The Hall–Kier alpha value is -3.67. The summed E-state index contributed by atoms with van der Waals surface area (Å²) in [5.41, 5.74) is 13.1. The Balaban J connectivity index is 1.91. The fraction of sp³-hybridized carbons (Fsp3) is 0.409. The number of fused-ring (bicyclic) bond motifs is 5. The Labute approximate surface area is 282 Å². The first-order valence-corrected chi connectivity index (χ1v) is 21.7. The maximum Gasteiger partial charge on any atom is 0.147 e. The van der Waals surface area contributed by atoms with Crippen LogP contribution in [0, 0.1) is 46.6 Å². The lowest BCUT2D eigenvalue weighted by Crippen LogP contribution is -2.43. The fourth-order valence-electron chi connectivity index (χ4n) is 8.50. The van der Waals surface area contributed by atoms with Gasteiger partial charge in [0.15, 0.2) is 0 Å². The van der Waals surface area contributed by atoms with Crippen molar-refractivity contribution in [2.75, 3.05) is 0 Å². The molecule has 0 spiro atoms. The molecule has 0 aliphatic carbocycles. The molecule has 0 heterocycles. The van der Waals surface area contributed by atoms with Crippen LogP contribution in [0.1, 0.15) is 94.2 Å². The zero-order chi connectivity index (χ0) is 33.8. The average molecular weight is 637 g/mol. The summed E-state index contributed by atoms with van der Waals surface area (Å²) in [4.78, 5) is 0. The largest absolute Gasteiger partial charge is 0.147 e. The van der Waals surface area contributed by atoms with Crippen molar-refractivity contribution in [3.8, 4) is 46.6 Å². The minimum absolute atomic E-state index is 0.586. The smallest absolute Gasteiger partial charge is 0.116 e. The fourth-order valence-corrected chi connectivity index (χ4v) is 18.8. The lowest BCUT2D eigenvalue weighted by atomic mass is 9.91. The van der Waals surface area contributed by atoms with Gasteiger partial charge in [0, 0.05) is 11.1 Å². The van der Waals surface area contributed by atoms with Gasteiger partial charge in [-0.3, -0.25) is 0 Å². The summed E-state index contributed by atoms with van der Waals surface area (Å²) in [6.07, 6.45) is 0. The molecule has 4 aromatic rings.